The maximum atomic E-state index is 11.8. The molecule has 0 spiro atoms. The van der Waals surface area contributed by atoms with E-state index in [4.69, 9.17) is 11.5 Å². The Labute approximate surface area is 160 Å². The molecule has 1 aliphatic carbocycles. The molecule has 1 aromatic carbocycles. The van der Waals surface area contributed by atoms with Crippen molar-refractivity contribution in [3.8, 4) is 0 Å². The van der Waals surface area contributed by atoms with Crippen LogP contribution in [0, 0.1) is 0 Å². The van der Waals surface area contributed by atoms with Crippen LogP contribution in [0.15, 0.2) is 42.9 Å². The van der Waals surface area contributed by atoms with E-state index in [0.29, 0.717) is 5.82 Å². The summed E-state index contributed by atoms with van der Waals surface area (Å²) in [5, 5.41) is 5.09. The third-order valence-corrected chi connectivity index (χ3v) is 4.50. The van der Waals surface area contributed by atoms with Gasteiger partial charge in [-0.25, -0.2) is 9.97 Å². The van der Waals surface area contributed by atoms with Crippen molar-refractivity contribution in [2.24, 2.45) is 11.5 Å². The number of amides is 2. The van der Waals surface area contributed by atoms with Gasteiger partial charge in [-0.2, -0.15) is 0 Å². The Bertz CT molecular complexity index is 1070. The molecule has 142 valence electrons. The molecule has 2 heterocycles. The van der Waals surface area contributed by atoms with Crippen molar-refractivity contribution in [2.75, 3.05) is 16.8 Å². The Hall–Kier alpha value is -3.75. The molecule has 28 heavy (non-hydrogen) atoms. The first-order chi connectivity index (χ1) is 13.5. The first-order valence-corrected chi connectivity index (χ1v) is 8.84. The van der Waals surface area contributed by atoms with Crippen LogP contribution >= 0.6 is 0 Å². The summed E-state index contributed by atoms with van der Waals surface area (Å²) in [4.78, 5) is 37.8. The predicted molar refractivity (Wildman–Crippen MR) is 105 cm³/mol. The van der Waals surface area contributed by atoms with Gasteiger partial charge >= 0.3 is 0 Å². The van der Waals surface area contributed by atoms with Crippen LogP contribution in [-0.2, 0) is 4.79 Å². The van der Waals surface area contributed by atoms with Gasteiger partial charge in [-0.1, -0.05) is 6.07 Å². The quantitative estimate of drug-likeness (QED) is 0.564. The van der Waals surface area contributed by atoms with Crippen molar-refractivity contribution in [3.05, 3.63) is 48.5 Å². The Morgan fingerprint density at radius 1 is 1.14 bits per heavy atom. The van der Waals surface area contributed by atoms with E-state index in [-0.39, 0.29) is 24.1 Å². The van der Waals surface area contributed by atoms with Gasteiger partial charge < -0.3 is 21.7 Å². The molecule has 2 aromatic heterocycles. The summed E-state index contributed by atoms with van der Waals surface area (Å²) in [6.45, 7) is 0.0394. The minimum Gasteiger partial charge on any atom is -0.368 e. The number of nitrogens with one attached hydrogen (secondary N) is 1. The predicted octanol–water partition coefficient (Wildman–Crippen LogP) is 1.32. The highest BCUT2D eigenvalue weighted by Gasteiger charge is 2.31. The average molecular weight is 377 g/mol. The van der Waals surface area contributed by atoms with E-state index >= 15 is 0 Å². The van der Waals surface area contributed by atoms with Crippen LogP contribution in [0.2, 0.25) is 0 Å². The van der Waals surface area contributed by atoms with Gasteiger partial charge in [0.15, 0.2) is 11.5 Å². The highest BCUT2D eigenvalue weighted by molar-refractivity contribution is 5.97. The van der Waals surface area contributed by atoms with Crippen LogP contribution in [0.25, 0.3) is 10.8 Å². The van der Waals surface area contributed by atoms with Crippen LogP contribution in [0.5, 0.6) is 0 Å². The molecule has 1 aliphatic rings. The number of carbonyl (C=O) groups excluding carboxylic acids is 2. The fourth-order valence-electron chi connectivity index (χ4n) is 3.03. The van der Waals surface area contributed by atoms with Crippen LogP contribution < -0.4 is 21.7 Å². The molecule has 0 atom stereocenters. The van der Waals surface area contributed by atoms with Gasteiger partial charge in [0.1, 0.15) is 5.82 Å². The number of primary amides is 2. The highest BCUT2D eigenvalue weighted by Crippen LogP contribution is 2.31. The Morgan fingerprint density at radius 3 is 2.68 bits per heavy atom. The van der Waals surface area contributed by atoms with Crippen molar-refractivity contribution < 1.29 is 9.59 Å². The van der Waals surface area contributed by atoms with E-state index in [9.17, 15) is 9.59 Å². The monoisotopic (exact) mass is 377 g/mol. The molecular formula is C19H19N7O2. The topological polar surface area (TPSA) is 140 Å². The second-order valence-electron chi connectivity index (χ2n) is 6.68. The molecule has 0 unspecified atom stereocenters. The van der Waals surface area contributed by atoms with Gasteiger partial charge in [0.05, 0.1) is 12.7 Å². The third-order valence-electron chi connectivity index (χ3n) is 4.50. The molecule has 3 aromatic rings. The fraction of sp³-hybridized carbons (Fsp3) is 0.211. The lowest BCUT2D eigenvalue weighted by molar-refractivity contribution is -0.116. The largest absolute Gasteiger partial charge is 0.368 e. The zero-order chi connectivity index (χ0) is 19.7. The molecule has 0 aliphatic heterocycles. The van der Waals surface area contributed by atoms with Crippen molar-refractivity contribution in [3.63, 3.8) is 0 Å². The SMILES string of the molecule is NC(=O)CN(c1cnc(C(N)=O)c(Nc2ccc3cnccc3c2)n1)C1CC1. The maximum absolute atomic E-state index is 11.8. The fourth-order valence-corrected chi connectivity index (χ4v) is 3.03. The number of hydrogen-bond acceptors (Lipinski definition) is 7. The summed E-state index contributed by atoms with van der Waals surface area (Å²) >= 11 is 0. The number of hydrogen-bond donors (Lipinski definition) is 3. The normalized spacial score (nSPS) is 13.3. The zero-order valence-corrected chi connectivity index (χ0v) is 15.0. The van der Waals surface area contributed by atoms with E-state index in [1.54, 1.807) is 17.3 Å². The van der Waals surface area contributed by atoms with E-state index in [0.717, 1.165) is 29.3 Å². The number of fused-ring (bicyclic) bond motifs is 1. The molecule has 2 amide bonds. The lowest BCUT2D eigenvalue weighted by Crippen LogP contribution is -2.36. The number of rotatable bonds is 7. The summed E-state index contributed by atoms with van der Waals surface area (Å²) in [5.74, 6) is -0.447. The molecule has 0 bridgehead atoms. The number of carbonyl (C=O) groups is 2. The first-order valence-electron chi connectivity index (χ1n) is 8.84. The van der Waals surface area contributed by atoms with E-state index < -0.39 is 11.8 Å². The molecule has 5 N–H and O–H groups in total. The van der Waals surface area contributed by atoms with E-state index in [2.05, 4.69) is 20.3 Å². The number of aromatic nitrogens is 3. The van der Waals surface area contributed by atoms with Crippen LogP contribution in [0.3, 0.4) is 0 Å². The minimum atomic E-state index is -0.695. The summed E-state index contributed by atoms with van der Waals surface area (Å²) in [7, 11) is 0. The van der Waals surface area contributed by atoms with Crippen molar-refractivity contribution in [2.45, 2.75) is 18.9 Å². The summed E-state index contributed by atoms with van der Waals surface area (Å²) in [6.07, 6.45) is 6.82. The molecule has 0 saturated heterocycles. The highest BCUT2D eigenvalue weighted by atomic mass is 16.1. The lowest BCUT2D eigenvalue weighted by Gasteiger charge is -2.22. The van der Waals surface area contributed by atoms with Crippen molar-refractivity contribution in [1.29, 1.82) is 0 Å². The van der Waals surface area contributed by atoms with Crippen molar-refractivity contribution in [1.82, 2.24) is 15.0 Å². The second-order valence-corrected chi connectivity index (χ2v) is 6.68. The molecule has 9 nitrogen and oxygen atoms in total. The van der Waals surface area contributed by atoms with Crippen LogP contribution in [0.1, 0.15) is 23.3 Å². The Morgan fingerprint density at radius 2 is 1.96 bits per heavy atom. The number of pyridine rings is 1. The molecule has 0 radical (unpaired) electrons. The average Bonchev–Trinajstić information content (AvgIpc) is 3.51. The van der Waals surface area contributed by atoms with Gasteiger partial charge in [-0.05, 0) is 36.4 Å². The summed E-state index contributed by atoms with van der Waals surface area (Å²) in [5.41, 5.74) is 11.6. The van der Waals surface area contributed by atoms with Crippen LogP contribution in [0.4, 0.5) is 17.3 Å². The Balaban J connectivity index is 1.70. The Kier molecular flexibility index (Phi) is 4.48. The van der Waals surface area contributed by atoms with Gasteiger partial charge in [0.2, 0.25) is 5.91 Å². The lowest BCUT2D eigenvalue weighted by atomic mass is 10.1. The number of benzene rings is 1. The molecule has 1 fully saturated rings. The van der Waals surface area contributed by atoms with Crippen LogP contribution in [-0.4, -0.2) is 39.4 Å². The van der Waals surface area contributed by atoms with E-state index in [1.807, 2.05) is 24.3 Å². The standard InChI is InChI=1S/C19H19N7O2/c20-15(27)10-26(14-3-4-14)16-9-23-17(18(21)28)19(25-16)24-13-2-1-12-8-22-6-5-11(12)7-13/h1-2,5-9,14H,3-4,10H2,(H2,20,27)(H2,21,28)(H,24,25). The zero-order valence-electron chi connectivity index (χ0n) is 15.0. The third kappa shape index (κ3) is 3.68. The molecule has 9 heteroatoms. The molecule has 1 saturated carbocycles. The summed E-state index contributed by atoms with van der Waals surface area (Å²) in [6, 6.07) is 7.76. The molecule has 4 rings (SSSR count). The maximum Gasteiger partial charge on any atom is 0.271 e. The van der Waals surface area contributed by atoms with Gasteiger partial charge in [-0.15, -0.1) is 0 Å². The number of nitrogens with two attached hydrogens (primary N) is 2. The van der Waals surface area contributed by atoms with Crippen molar-refractivity contribution >= 4 is 39.9 Å². The molecular weight excluding hydrogens is 358 g/mol. The van der Waals surface area contributed by atoms with Gasteiger partial charge in [0, 0.05) is 29.5 Å². The van der Waals surface area contributed by atoms with Gasteiger partial charge in [-0.3, -0.25) is 14.6 Å². The summed E-state index contributed by atoms with van der Waals surface area (Å²) < 4.78 is 0. The number of nitrogens with zero attached hydrogens (tertiary/aromatic N) is 4. The first kappa shape index (κ1) is 17.7. The minimum absolute atomic E-state index is 0.0217. The smallest absolute Gasteiger partial charge is 0.271 e. The number of anilines is 3. The van der Waals surface area contributed by atoms with Gasteiger partial charge in [0.25, 0.3) is 5.91 Å². The van der Waals surface area contributed by atoms with E-state index in [1.165, 1.54) is 6.20 Å². The second kappa shape index (κ2) is 7.10.